The zero-order chi connectivity index (χ0) is 17.6. The molecule has 0 aliphatic heterocycles. The monoisotopic (exact) mass is 322 g/mol. The van der Waals surface area contributed by atoms with Gasteiger partial charge in [-0.1, -0.05) is 105 Å². The van der Waals surface area contributed by atoms with Crippen LogP contribution in [0.25, 0.3) is 0 Å². The van der Waals surface area contributed by atoms with Crippen LogP contribution >= 0.6 is 0 Å². The van der Waals surface area contributed by atoms with E-state index >= 15 is 0 Å². The van der Waals surface area contributed by atoms with Gasteiger partial charge in [-0.25, -0.2) is 0 Å². The van der Waals surface area contributed by atoms with Crippen LogP contribution in [0.3, 0.4) is 0 Å². The van der Waals surface area contributed by atoms with Gasteiger partial charge >= 0.3 is 0 Å². The summed E-state index contributed by atoms with van der Waals surface area (Å²) in [4.78, 5) is 0. The Morgan fingerprint density at radius 3 is 2.09 bits per heavy atom. The molecule has 0 nitrogen and oxygen atoms in total. The molecule has 0 aliphatic rings. The summed E-state index contributed by atoms with van der Waals surface area (Å²) in [5.41, 5.74) is 2.19. The van der Waals surface area contributed by atoms with Crippen LogP contribution in [0, 0.1) is 11.3 Å². The zero-order valence-electron chi connectivity index (χ0n) is 17.3. The quantitative estimate of drug-likeness (QED) is 0.209. The highest BCUT2D eigenvalue weighted by Crippen LogP contribution is 2.36. The van der Waals surface area contributed by atoms with Crippen molar-refractivity contribution in [2.75, 3.05) is 0 Å². The highest BCUT2D eigenvalue weighted by Gasteiger charge is 2.25. The molecule has 0 saturated carbocycles. The lowest BCUT2D eigenvalue weighted by Crippen LogP contribution is -2.21. The van der Waals surface area contributed by atoms with Crippen LogP contribution < -0.4 is 0 Å². The first-order chi connectivity index (χ1) is 11.0. The summed E-state index contributed by atoms with van der Waals surface area (Å²) < 4.78 is 0. The second-order valence-corrected chi connectivity index (χ2v) is 8.30. The first-order valence-corrected chi connectivity index (χ1v) is 10.7. The minimum Gasteiger partial charge on any atom is -0.0853 e. The van der Waals surface area contributed by atoms with Crippen molar-refractivity contribution in [2.45, 2.75) is 125 Å². The van der Waals surface area contributed by atoms with Gasteiger partial charge in [0.25, 0.3) is 0 Å². The predicted molar refractivity (Wildman–Crippen MR) is 108 cm³/mol. The van der Waals surface area contributed by atoms with Crippen LogP contribution in [0.5, 0.6) is 0 Å². The van der Waals surface area contributed by atoms with E-state index in [-0.39, 0.29) is 0 Å². The Labute approximate surface area is 148 Å². The van der Waals surface area contributed by atoms with E-state index in [4.69, 9.17) is 0 Å². The van der Waals surface area contributed by atoms with E-state index in [0.29, 0.717) is 5.41 Å². The Hall–Kier alpha value is -0.260. The fourth-order valence-corrected chi connectivity index (χ4v) is 3.30. The molecule has 138 valence electrons. The topological polar surface area (TPSA) is 0 Å². The van der Waals surface area contributed by atoms with Crippen molar-refractivity contribution in [1.82, 2.24) is 0 Å². The van der Waals surface area contributed by atoms with Gasteiger partial charge in [-0.3, -0.25) is 0 Å². The fourth-order valence-electron chi connectivity index (χ4n) is 3.30. The molecule has 0 spiro atoms. The van der Waals surface area contributed by atoms with Crippen LogP contribution in [-0.2, 0) is 0 Å². The van der Waals surface area contributed by atoms with Crippen molar-refractivity contribution in [1.29, 1.82) is 0 Å². The molecule has 0 amide bonds. The molecule has 0 radical (unpaired) electrons. The molecule has 1 atom stereocenters. The molecule has 0 heterocycles. The second kappa shape index (κ2) is 14.1. The zero-order valence-corrected chi connectivity index (χ0v) is 17.3. The third-order valence-electron chi connectivity index (χ3n) is 5.86. The van der Waals surface area contributed by atoms with Gasteiger partial charge in [-0.05, 0) is 43.4 Å². The Morgan fingerprint density at radius 1 is 0.870 bits per heavy atom. The first kappa shape index (κ1) is 22.7. The standard InChI is InChI=1S/C23H46/c1-7-10-12-13-14-16-18-22(9-3)19-20-23(5,6)21(4)17-15-11-8-2/h18,21H,7-17,19-20H2,1-6H3. The van der Waals surface area contributed by atoms with Crippen molar-refractivity contribution < 1.29 is 0 Å². The third kappa shape index (κ3) is 11.8. The minimum absolute atomic E-state index is 0.489. The van der Waals surface area contributed by atoms with E-state index < -0.39 is 0 Å². The summed E-state index contributed by atoms with van der Waals surface area (Å²) in [6.45, 7) is 14.4. The Morgan fingerprint density at radius 2 is 1.48 bits per heavy atom. The average Bonchev–Trinajstić information content (AvgIpc) is 2.53. The number of rotatable bonds is 15. The van der Waals surface area contributed by atoms with E-state index in [0.717, 1.165) is 5.92 Å². The van der Waals surface area contributed by atoms with Crippen LogP contribution in [0.15, 0.2) is 11.6 Å². The first-order valence-electron chi connectivity index (χ1n) is 10.7. The lowest BCUT2D eigenvalue weighted by molar-refractivity contribution is 0.196. The summed E-state index contributed by atoms with van der Waals surface area (Å²) in [6.07, 6.45) is 20.3. The van der Waals surface area contributed by atoms with E-state index in [1.165, 1.54) is 83.5 Å². The van der Waals surface area contributed by atoms with Gasteiger partial charge in [0, 0.05) is 0 Å². The van der Waals surface area contributed by atoms with Gasteiger partial charge < -0.3 is 0 Å². The van der Waals surface area contributed by atoms with E-state index in [9.17, 15) is 0 Å². The highest BCUT2D eigenvalue weighted by molar-refractivity contribution is 5.02. The van der Waals surface area contributed by atoms with Crippen LogP contribution in [0.1, 0.15) is 125 Å². The molecule has 0 aromatic carbocycles. The lowest BCUT2D eigenvalue weighted by Gasteiger charge is -2.32. The molecule has 0 saturated heterocycles. The molecular formula is C23H46. The third-order valence-corrected chi connectivity index (χ3v) is 5.86. The molecule has 0 aromatic heterocycles. The summed E-state index contributed by atoms with van der Waals surface area (Å²) in [5.74, 6) is 0.848. The van der Waals surface area contributed by atoms with Gasteiger partial charge in [0.2, 0.25) is 0 Å². The highest BCUT2D eigenvalue weighted by atomic mass is 14.3. The van der Waals surface area contributed by atoms with E-state index in [1.807, 2.05) is 0 Å². The smallest absolute Gasteiger partial charge is 0.0315 e. The number of unbranched alkanes of at least 4 members (excludes halogenated alkanes) is 7. The summed E-state index contributed by atoms with van der Waals surface area (Å²) >= 11 is 0. The maximum atomic E-state index is 2.56. The van der Waals surface area contributed by atoms with Crippen LogP contribution in [-0.4, -0.2) is 0 Å². The summed E-state index contributed by atoms with van der Waals surface area (Å²) in [6, 6.07) is 0. The molecule has 0 rings (SSSR count). The van der Waals surface area contributed by atoms with Crippen molar-refractivity contribution >= 4 is 0 Å². The molecule has 0 aliphatic carbocycles. The van der Waals surface area contributed by atoms with Crippen LogP contribution in [0.4, 0.5) is 0 Å². The number of hydrogen-bond donors (Lipinski definition) is 0. The molecule has 0 fully saturated rings. The van der Waals surface area contributed by atoms with Gasteiger partial charge in [-0.2, -0.15) is 0 Å². The fraction of sp³-hybridized carbons (Fsp3) is 0.913. The molecule has 0 heteroatoms. The van der Waals surface area contributed by atoms with Crippen molar-refractivity contribution in [3.05, 3.63) is 11.6 Å². The predicted octanol–water partition coefficient (Wildman–Crippen LogP) is 8.71. The van der Waals surface area contributed by atoms with Gasteiger partial charge in [0.05, 0.1) is 0 Å². The molecule has 1 unspecified atom stereocenters. The molecule has 0 bridgehead atoms. The van der Waals surface area contributed by atoms with E-state index in [2.05, 4.69) is 47.6 Å². The summed E-state index contributed by atoms with van der Waals surface area (Å²) in [5, 5.41) is 0. The Kier molecular flexibility index (Phi) is 14.0. The second-order valence-electron chi connectivity index (χ2n) is 8.30. The van der Waals surface area contributed by atoms with Crippen molar-refractivity contribution in [2.24, 2.45) is 11.3 Å². The van der Waals surface area contributed by atoms with Crippen LogP contribution in [0.2, 0.25) is 0 Å². The lowest BCUT2D eigenvalue weighted by atomic mass is 9.73. The molecule has 0 N–H and O–H groups in total. The van der Waals surface area contributed by atoms with Gasteiger partial charge in [-0.15, -0.1) is 0 Å². The normalized spacial score (nSPS) is 14.3. The maximum Gasteiger partial charge on any atom is -0.0315 e. The average molecular weight is 323 g/mol. The molecule has 23 heavy (non-hydrogen) atoms. The van der Waals surface area contributed by atoms with E-state index in [1.54, 1.807) is 5.57 Å². The number of hydrogen-bond acceptors (Lipinski definition) is 0. The maximum absolute atomic E-state index is 2.56. The molecular weight excluding hydrogens is 276 g/mol. The Bertz CT molecular complexity index is 284. The molecule has 0 aromatic rings. The summed E-state index contributed by atoms with van der Waals surface area (Å²) in [7, 11) is 0. The minimum atomic E-state index is 0.489. The van der Waals surface area contributed by atoms with Crippen molar-refractivity contribution in [3.8, 4) is 0 Å². The number of allylic oxidation sites excluding steroid dienone is 2. The SMILES string of the molecule is CCCCCCCC=C(CC)CCC(C)(C)C(C)CCCCC. The Balaban J connectivity index is 4.10. The van der Waals surface area contributed by atoms with Gasteiger partial charge in [0.1, 0.15) is 0 Å². The largest absolute Gasteiger partial charge is 0.0853 e. The van der Waals surface area contributed by atoms with Gasteiger partial charge in [0.15, 0.2) is 0 Å². The van der Waals surface area contributed by atoms with Crippen molar-refractivity contribution in [3.63, 3.8) is 0 Å².